The summed E-state index contributed by atoms with van der Waals surface area (Å²) in [7, 11) is 0. The molecule has 1 aliphatic heterocycles. The first kappa shape index (κ1) is 16.8. The Morgan fingerprint density at radius 2 is 2.22 bits per heavy atom. The molecular weight excluding hydrogens is 320 g/mol. The number of carbonyl (C=O) groups excluding carboxylic acids is 2. The minimum absolute atomic E-state index is 0.0747. The second kappa shape index (κ2) is 7.14. The van der Waals surface area contributed by atoms with E-state index in [-0.39, 0.29) is 22.3 Å². The van der Waals surface area contributed by atoms with Gasteiger partial charge in [-0.25, -0.2) is 0 Å². The lowest BCUT2D eigenvalue weighted by Gasteiger charge is -2.36. The number of carbonyl (C=O) groups is 2. The quantitative estimate of drug-likeness (QED) is 0.481. The van der Waals surface area contributed by atoms with Crippen LogP contribution in [0.5, 0.6) is 0 Å². The molecule has 2 amide bonds. The molecule has 8 nitrogen and oxygen atoms in total. The van der Waals surface area contributed by atoms with Gasteiger partial charge in [0.1, 0.15) is 11.6 Å². The molecule has 1 heterocycles. The van der Waals surface area contributed by atoms with Crippen LogP contribution in [-0.4, -0.2) is 45.9 Å². The molecule has 23 heavy (non-hydrogen) atoms. The van der Waals surface area contributed by atoms with Crippen LogP contribution in [0.1, 0.15) is 23.7 Å². The lowest BCUT2D eigenvalue weighted by atomic mass is 10.1. The van der Waals surface area contributed by atoms with Gasteiger partial charge in [0.05, 0.1) is 4.92 Å². The molecule has 9 heteroatoms. The zero-order valence-corrected chi connectivity index (χ0v) is 13.3. The molecule has 0 bridgehead atoms. The molecule has 1 aliphatic rings. The van der Waals surface area contributed by atoms with Crippen LogP contribution in [-0.2, 0) is 4.79 Å². The molecule has 1 saturated heterocycles. The van der Waals surface area contributed by atoms with Gasteiger partial charge < -0.3 is 10.2 Å². The van der Waals surface area contributed by atoms with Crippen molar-refractivity contribution in [1.29, 1.82) is 0 Å². The maximum atomic E-state index is 12.3. The molecule has 0 saturated carbocycles. The van der Waals surface area contributed by atoms with E-state index in [2.05, 4.69) is 10.6 Å². The molecule has 0 radical (unpaired) electrons. The number of nitrogens with one attached hydrogen (secondary N) is 2. The van der Waals surface area contributed by atoms with Gasteiger partial charge in [0.25, 0.3) is 11.6 Å². The largest absolute Gasteiger partial charge is 0.353 e. The van der Waals surface area contributed by atoms with Gasteiger partial charge in [-0.2, -0.15) is 0 Å². The fourth-order valence-corrected chi connectivity index (χ4v) is 2.74. The van der Waals surface area contributed by atoms with E-state index in [9.17, 15) is 19.7 Å². The molecule has 1 aromatic carbocycles. The summed E-state index contributed by atoms with van der Waals surface area (Å²) in [5.74, 6) is -0.816. The highest BCUT2D eigenvalue weighted by atomic mass is 32.1. The van der Waals surface area contributed by atoms with Crippen molar-refractivity contribution in [1.82, 2.24) is 15.5 Å². The average Bonchev–Trinajstić information content (AvgIpc) is 2.54. The summed E-state index contributed by atoms with van der Waals surface area (Å²) in [4.78, 5) is 36.1. The Balaban J connectivity index is 2.15. The summed E-state index contributed by atoms with van der Waals surface area (Å²) >= 11 is 5.20. The van der Waals surface area contributed by atoms with Crippen LogP contribution < -0.4 is 10.6 Å². The third-order valence-corrected chi connectivity index (χ3v) is 3.88. The van der Waals surface area contributed by atoms with Crippen molar-refractivity contribution in [3.8, 4) is 0 Å². The summed E-state index contributed by atoms with van der Waals surface area (Å²) in [5.41, 5.74) is -0.370. The molecule has 122 valence electrons. The van der Waals surface area contributed by atoms with Crippen LogP contribution in [0.4, 0.5) is 5.69 Å². The summed E-state index contributed by atoms with van der Waals surface area (Å²) in [5, 5.41) is 16.3. The molecule has 1 atom stereocenters. The van der Waals surface area contributed by atoms with Crippen LogP contribution in [0.25, 0.3) is 0 Å². The minimum atomic E-state index is -0.664. The average molecular weight is 336 g/mol. The molecule has 1 fully saturated rings. The highest BCUT2D eigenvalue weighted by Crippen LogP contribution is 2.17. The predicted octanol–water partition coefficient (Wildman–Crippen LogP) is 0.820. The molecule has 0 aliphatic carbocycles. The van der Waals surface area contributed by atoms with Gasteiger partial charge in [0, 0.05) is 19.2 Å². The van der Waals surface area contributed by atoms with Crippen molar-refractivity contribution in [2.75, 3.05) is 13.1 Å². The first-order chi connectivity index (χ1) is 11.0. The number of piperazine rings is 1. The van der Waals surface area contributed by atoms with E-state index in [1.807, 2.05) is 6.92 Å². The van der Waals surface area contributed by atoms with Crippen LogP contribution in [0.3, 0.4) is 0 Å². The Labute approximate surface area is 138 Å². The second-order valence-electron chi connectivity index (χ2n) is 4.94. The number of hydrogen-bond donors (Lipinski definition) is 2. The van der Waals surface area contributed by atoms with Gasteiger partial charge in [-0.05, 0) is 24.7 Å². The lowest BCUT2D eigenvalue weighted by Crippen LogP contribution is -2.59. The molecule has 0 aromatic heterocycles. The van der Waals surface area contributed by atoms with Gasteiger partial charge in [-0.15, -0.1) is 0 Å². The first-order valence-electron chi connectivity index (χ1n) is 7.08. The van der Waals surface area contributed by atoms with E-state index in [0.717, 1.165) is 0 Å². The summed E-state index contributed by atoms with van der Waals surface area (Å²) in [6, 6.07) is 5.17. The number of nitro groups is 1. The normalized spacial score (nSPS) is 17.3. The highest BCUT2D eigenvalue weighted by Gasteiger charge is 2.31. The number of amides is 2. The molecule has 2 rings (SSSR count). The minimum Gasteiger partial charge on any atom is -0.353 e. The van der Waals surface area contributed by atoms with Crippen molar-refractivity contribution >= 4 is 34.8 Å². The Morgan fingerprint density at radius 1 is 1.52 bits per heavy atom. The van der Waals surface area contributed by atoms with Crippen LogP contribution in [0, 0.1) is 10.1 Å². The van der Waals surface area contributed by atoms with Crippen LogP contribution in [0.2, 0.25) is 0 Å². The van der Waals surface area contributed by atoms with E-state index >= 15 is 0 Å². The van der Waals surface area contributed by atoms with Crippen LogP contribution >= 0.6 is 12.2 Å². The van der Waals surface area contributed by atoms with Gasteiger partial charge in [0.15, 0.2) is 5.11 Å². The first-order valence-corrected chi connectivity index (χ1v) is 7.49. The maximum absolute atomic E-state index is 12.3. The number of benzene rings is 1. The number of nitrogens with zero attached hydrogens (tertiary/aromatic N) is 2. The number of para-hydroxylation sites is 1. The van der Waals surface area contributed by atoms with Gasteiger partial charge in [-0.1, -0.05) is 19.1 Å². The standard InChI is InChI=1S/C14H16N4O4S/c1-2-10-13(20)15-7-8-17(10)14(23)16-12(19)9-5-3-4-6-11(9)18(21)22/h3-6,10H,2,7-8H2,1H3,(H,15,20)(H,16,19,23)/t10-/m0/s1. The summed E-state index contributed by atoms with van der Waals surface area (Å²) in [6.45, 7) is 2.74. The van der Waals surface area contributed by atoms with Crippen molar-refractivity contribution < 1.29 is 14.5 Å². The van der Waals surface area contributed by atoms with Crippen molar-refractivity contribution in [2.45, 2.75) is 19.4 Å². The zero-order chi connectivity index (χ0) is 17.0. The second-order valence-corrected chi connectivity index (χ2v) is 5.33. The Kier molecular flexibility index (Phi) is 5.22. The highest BCUT2D eigenvalue weighted by molar-refractivity contribution is 7.80. The molecule has 0 spiro atoms. The van der Waals surface area contributed by atoms with E-state index in [0.29, 0.717) is 19.5 Å². The van der Waals surface area contributed by atoms with Crippen molar-refractivity contribution in [2.24, 2.45) is 0 Å². The van der Waals surface area contributed by atoms with Crippen molar-refractivity contribution in [3.05, 3.63) is 39.9 Å². The van der Waals surface area contributed by atoms with E-state index in [1.165, 1.54) is 24.3 Å². The Morgan fingerprint density at radius 3 is 2.87 bits per heavy atom. The fourth-order valence-electron chi connectivity index (χ4n) is 2.42. The SMILES string of the molecule is CC[C@H]1C(=O)NCCN1C(=S)NC(=O)c1ccccc1[N+](=O)[O-]. The number of hydrogen-bond acceptors (Lipinski definition) is 5. The topological polar surface area (TPSA) is 105 Å². The smallest absolute Gasteiger partial charge is 0.282 e. The third-order valence-electron chi connectivity index (χ3n) is 3.54. The van der Waals surface area contributed by atoms with E-state index in [1.54, 1.807) is 4.90 Å². The molecule has 0 unspecified atom stereocenters. The molecule has 2 N–H and O–H groups in total. The zero-order valence-electron chi connectivity index (χ0n) is 12.4. The number of nitro benzene ring substituents is 1. The Hall–Kier alpha value is -2.55. The van der Waals surface area contributed by atoms with E-state index < -0.39 is 16.9 Å². The van der Waals surface area contributed by atoms with Crippen LogP contribution in [0.15, 0.2) is 24.3 Å². The summed E-state index contributed by atoms with van der Waals surface area (Å²) < 4.78 is 0. The Bertz CT molecular complexity index is 664. The third kappa shape index (κ3) is 3.62. The number of thiocarbonyl (C=S) groups is 1. The maximum Gasteiger partial charge on any atom is 0.282 e. The number of rotatable bonds is 3. The van der Waals surface area contributed by atoms with Gasteiger partial charge >= 0.3 is 0 Å². The fraction of sp³-hybridized carbons (Fsp3) is 0.357. The predicted molar refractivity (Wildman–Crippen MR) is 87.0 cm³/mol. The summed E-state index contributed by atoms with van der Waals surface area (Å²) in [6.07, 6.45) is 0.535. The van der Waals surface area contributed by atoms with Crippen molar-refractivity contribution in [3.63, 3.8) is 0 Å². The molecule has 1 aromatic rings. The van der Waals surface area contributed by atoms with Gasteiger partial charge in [0.2, 0.25) is 5.91 Å². The molecular formula is C14H16N4O4S. The lowest BCUT2D eigenvalue weighted by molar-refractivity contribution is -0.385. The van der Waals surface area contributed by atoms with E-state index in [4.69, 9.17) is 12.2 Å². The monoisotopic (exact) mass is 336 g/mol. The van der Waals surface area contributed by atoms with Gasteiger partial charge in [-0.3, -0.25) is 25.0 Å².